The molecule has 0 spiro atoms. The third-order valence-corrected chi connectivity index (χ3v) is 3.07. The van der Waals surface area contributed by atoms with Gasteiger partial charge in [-0.15, -0.1) is 0 Å². The van der Waals surface area contributed by atoms with Crippen molar-refractivity contribution in [3.8, 4) is 5.75 Å². The molecule has 0 amide bonds. The Morgan fingerprint density at radius 3 is 2.82 bits per heavy atom. The Labute approximate surface area is 114 Å². The summed E-state index contributed by atoms with van der Waals surface area (Å²) in [6, 6.07) is 11.4. The average Bonchev–Trinajstić information content (AvgIpc) is 2.28. The number of pyridine rings is 1. The van der Waals surface area contributed by atoms with E-state index in [1.165, 1.54) is 5.56 Å². The molecule has 0 bridgehead atoms. The predicted molar refractivity (Wildman–Crippen MR) is 72.5 cm³/mol. The first kappa shape index (κ1) is 12.4. The van der Waals surface area contributed by atoms with E-state index in [9.17, 15) is 0 Å². The van der Waals surface area contributed by atoms with Gasteiger partial charge in [-0.3, -0.25) is 0 Å². The van der Waals surface area contributed by atoms with Crippen LogP contribution in [-0.2, 0) is 6.61 Å². The van der Waals surface area contributed by atoms with E-state index in [0.29, 0.717) is 11.8 Å². The van der Waals surface area contributed by atoms with E-state index < -0.39 is 0 Å². The molecule has 0 radical (unpaired) electrons. The zero-order valence-corrected chi connectivity index (χ0v) is 11.6. The number of benzene rings is 1. The molecule has 4 heteroatoms. The number of ether oxygens (including phenoxy) is 1. The van der Waals surface area contributed by atoms with E-state index >= 15 is 0 Å². The first-order valence-electron chi connectivity index (χ1n) is 5.15. The Balaban J connectivity index is 2.07. The molecular weight excluding hydrogens is 302 g/mol. The monoisotopic (exact) mass is 311 g/mol. The number of aryl methyl sites for hydroxylation is 1. The summed E-state index contributed by atoms with van der Waals surface area (Å²) >= 11 is 9.27. The molecule has 0 saturated carbocycles. The van der Waals surface area contributed by atoms with Crippen LogP contribution in [0.3, 0.4) is 0 Å². The maximum atomic E-state index is 5.80. The van der Waals surface area contributed by atoms with Crippen LogP contribution in [0, 0.1) is 6.92 Å². The van der Waals surface area contributed by atoms with Crippen LogP contribution in [0.2, 0.25) is 5.15 Å². The first-order chi connectivity index (χ1) is 8.15. The fraction of sp³-hybridized carbons (Fsp3) is 0.154. The molecule has 0 atom stereocenters. The fourth-order valence-electron chi connectivity index (χ4n) is 1.41. The largest absolute Gasteiger partial charge is 0.486 e. The van der Waals surface area contributed by atoms with Crippen molar-refractivity contribution in [3.05, 3.63) is 57.3 Å². The third-order valence-electron chi connectivity index (χ3n) is 2.24. The van der Waals surface area contributed by atoms with Crippen molar-refractivity contribution in [3.63, 3.8) is 0 Å². The van der Waals surface area contributed by atoms with Crippen molar-refractivity contribution in [2.24, 2.45) is 0 Å². The Morgan fingerprint density at radius 2 is 2.12 bits per heavy atom. The summed E-state index contributed by atoms with van der Waals surface area (Å²) in [7, 11) is 0. The van der Waals surface area contributed by atoms with Gasteiger partial charge < -0.3 is 4.74 Å². The Morgan fingerprint density at radius 1 is 1.29 bits per heavy atom. The van der Waals surface area contributed by atoms with Crippen LogP contribution in [0.15, 0.2) is 40.9 Å². The van der Waals surface area contributed by atoms with E-state index in [1.807, 2.05) is 37.3 Å². The topological polar surface area (TPSA) is 22.1 Å². The van der Waals surface area contributed by atoms with Crippen LogP contribution < -0.4 is 4.74 Å². The molecule has 2 nitrogen and oxygen atoms in total. The van der Waals surface area contributed by atoms with Crippen molar-refractivity contribution in [2.75, 3.05) is 0 Å². The van der Waals surface area contributed by atoms with Gasteiger partial charge in [-0.2, -0.15) is 0 Å². The maximum Gasteiger partial charge on any atom is 0.134 e. The minimum absolute atomic E-state index is 0.405. The maximum absolute atomic E-state index is 5.80. The third kappa shape index (κ3) is 3.45. The highest BCUT2D eigenvalue weighted by Crippen LogP contribution is 2.26. The lowest BCUT2D eigenvalue weighted by Crippen LogP contribution is -1.98. The first-order valence-corrected chi connectivity index (χ1v) is 6.32. The second kappa shape index (κ2) is 5.52. The second-order valence-corrected chi connectivity index (χ2v) is 4.92. The van der Waals surface area contributed by atoms with Crippen LogP contribution in [0.1, 0.15) is 11.3 Å². The van der Waals surface area contributed by atoms with Gasteiger partial charge in [-0.25, -0.2) is 4.98 Å². The van der Waals surface area contributed by atoms with E-state index in [0.717, 1.165) is 15.9 Å². The lowest BCUT2D eigenvalue weighted by Gasteiger charge is -2.08. The van der Waals surface area contributed by atoms with Crippen LogP contribution in [-0.4, -0.2) is 4.98 Å². The molecule has 1 aromatic heterocycles. The highest BCUT2D eigenvalue weighted by molar-refractivity contribution is 9.10. The van der Waals surface area contributed by atoms with Gasteiger partial charge in [-0.1, -0.05) is 23.7 Å². The van der Waals surface area contributed by atoms with E-state index in [1.54, 1.807) is 6.07 Å². The van der Waals surface area contributed by atoms with Gasteiger partial charge in [0, 0.05) is 0 Å². The lowest BCUT2D eigenvalue weighted by molar-refractivity contribution is 0.299. The zero-order valence-electron chi connectivity index (χ0n) is 9.28. The molecule has 1 heterocycles. The van der Waals surface area contributed by atoms with Crippen molar-refractivity contribution in [1.82, 2.24) is 4.98 Å². The molecule has 0 aliphatic carbocycles. The predicted octanol–water partition coefficient (Wildman–Crippen LogP) is 4.38. The van der Waals surface area contributed by atoms with Crippen molar-refractivity contribution in [2.45, 2.75) is 13.5 Å². The molecule has 1 aromatic carbocycles. The number of nitrogens with zero attached hydrogens (tertiary/aromatic N) is 1. The van der Waals surface area contributed by atoms with Gasteiger partial charge in [0.1, 0.15) is 17.5 Å². The van der Waals surface area contributed by atoms with Crippen LogP contribution in [0.25, 0.3) is 0 Å². The summed E-state index contributed by atoms with van der Waals surface area (Å²) in [5.74, 6) is 0.803. The molecule has 0 fully saturated rings. The van der Waals surface area contributed by atoms with E-state index in [2.05, 4.69) is 20.9 Å². The summed E-state index contributed by atoms with van der Waals surface area (Å²) in [6.45, 7) is 2.44. The van der Waals surface area contributed by atoms with E-state index in [4.69, 9.17) is 16.3 Å². The fourth-order valence-corrected chi connectivity index (χ4v) is 2.19. The molecular formula is C13H11BrClNO. The summed E-state index contributed by atoms with van der Waals surface area (Å²) in [4.78, 5) is 4.16. The quantitative estimate of drug-likeness (QED) is 0.784. The normalized spacial score (nSPS) is 10.3. The van der Waals surface area contributed by atoms with Gasteiger partial charge in [0.25, 0.3) is 0 Å². The molecule has 0 saturated heterocycles. The zero-order chi connectivity index (χ0) is 12.3. The molecule has 2 aromatic rings. The second-order valence-electron chi connectivity index (χ2n) is 3.67. The standard InChI is InChI=1S/C13H11BrClNO/c1-9-5-6-12(11(14)7-9)17-8-10-3-2-4-13(15)16-10/h2-7H,8H2,1H3. The Bertz CT molecular complexity index is 531. The number of rotatable bonds is 3. The molecule has 0 N–H and O–H groups in total. The molecule has 2 rings (SSSR count). The van der Waals surface area contributed by atoms with Crippen molar-refractivity contribution in [1.29, 1.82) is 0 Å². The molecule has 88 valence electrons. The van der Waals surface area contributed by atoms with Gasteiger partial charge in [0.05, 0.1) is 10.2 Å². The SMILES string of the molecule is Cc1ccc(OCc2cccc(Cl)n2)c(Br)c1. The van der Waals surface area contributed by atoms with Crippen LogP contribution in [0.5, 0.6) is 5.75 Å². The van der Waals surface area contributed by atoms with Crippen LogP contribution >= 0.6 is 27.5 Å². The number of hydrogen-bond acceptors (Lipinski definition) is 2. The van der Waals surface area contributed by atoms with Gasteiger partial charge in [0.15, 0.2) is 0 Å². The molecule has 0 unspecified atom stereocenters. The number of hydrogen-bond donors (Lipinski definition) is 0. The van der Waals surface area contributed by atoms with Crippen molar-refractivity contribution < 1.29 is 4.74 Å². The summed E-state index contributed by atoms with van der Waals surface area (Å²) < 4.78 is 6.61. The Hall–Kier alpha value is -1.06. The van der Waals surface area contributed by atoms with Gasteiger partial charge >= 0.3 is 0 Å². The highest BCUT2D eigenvalue weighted by Gasteiger charge is 2.02. The molecule has 17 heavy (non-hydrogen) atoms. The summed E-state index contributed by atoms with van der Waals surface area (Å²) in [5.41, 5.74) is 2.00. The minimum atomic E-state index is 0.405. The number of aromatic nitrogens is 1. The smallest absolute Gasteiger partial charge is 0.134 e. The Kier molecular flexibility index (Phi) is 4.02. The van der Waals surface area contributed by atoms with Gasteiger partial charge in [0.2, 0.25) is 0 Å². The lowest BCUT2D eigenvalue weighted by atomic mass is 10.2. The molecule has 0 aliphatic rings. The minimum Gasteiger partial charge on any atom is -0.486 e. The van der Waals surface area contributed by atoms with Crippen LogP contribution in [0.4, 0.5) is 0 Å². The van der Waals surface area contributed by atoms with E-state index in [-0.39, 0.29) is 0 Å². The van der Waals surface area contributed by atoms with Gasteiger partial charge in [-0.05, 0) is 52.7 Å². The summed E-state index contributed by atoms with van der Waals surface area (Å²) in [6.07, 6.45) is 0. The molecule has 0 aliphatic heterocycles. The average molecular weight is 313 g/mol. The van der Waals surface area contributed by atoms with Crippen molar-refractivity contribution >= 4 is 27.5 Å². The summed E-state index contributed by atoms with van der Waals surface area (Å²) in [5, 5.41) is 0.481. The number of halogens is 2. The highest BCUT2D eigenvalue weighted by atomic mass is 79.9.